The first-order chi connectivity index (χ1) is 6.18. The lowest BCUT2D eigenvalue weighted by molar-refractivity contribution is 0.472. The Labute approximate surface area is 80.0 Å². The van der Waals surface area contributed by atoms with E-state index < -0.39 is 0 Å². The first-order valence-corrected chi connectivity index (χ1v) is 4.16. The van der Waals surface area contributed by atoms with Crippen molar-refractivity contribution in [1.29, 1.82) is 0 Å². The zero-order valence-corrected chi connectivity index (χ0v) is 7.42. The zero-order chi connectivity index (χ0) is 9.42. The predicted molar refractivity (Wildman–Crippen MR) is 52.3 cm³/mol. The van der Waals surface area contributed by atoms with Crippen LogP contribution in [0.2, 0.25) is 5.02 Å². The number of benzene rings is 2. The van der Waals surface area contributed by atoms with Crippen LogP contribution in [0.4, 0.5) is 0 Å². The molecule has 2 N–H and O–H groups in total. The fourth-order valence-corrected chi connectivity index (χ4v) is 1.43. The van der Waals surface area contributed by atoms with Crippen molar-refractivity contribution < 1.29 is 10.2 Å². The number of aromatic hydroxyl groups is 2. The number of phenolic OH excluding ortho intramolecular Hbond substituents is 2. The standard InChI is InChI=1S/C10H7ClO2/c11-9-4-2-6-1-3-7(12)5-8(6)10(9)13/h1-5,12-13H. The third kappa shape index (κ3) is 1.29. The average molecular weight is 195 g/mol. The summed E-state index contributed by atoms with van der Waals surface area (Å²) in [5, 5.41) is 20.4. The van der Waals surface area contributed by atoms with E-state index in [2.05, 4.69) is 0 Å². The predicted octanol–water partition coefficient (Wildman–Crippen LogP) is 2.90. The summed E-state index contributed by atoms with van der Waals surface area (Å²) in [4.78, 5) is 0. The van der Waals surface area contributed by atoms with Gasteiger partial charge in [-0.15, -0.1) is 0 Å². The van der Waals surface area contributed by atoms with Crippen LogP contribution in [0.1, 0.15) is 0 Å². The molecule has 2 aromatic carbocycles. The first-order valence-electron chi connectivity index (χ1n) is 3.78. The van der Waals surface area contributed by atoms with E-state index in [4.69, 9.17) is 11.6 Å². The number of hydrogen-bond donors (Lipinski definition) is 2. The highest BCUT2D eigenvalue weighted by molar-refractivity contribution is 6.33. The number of fused-ring (bicyclic) bond motifs is 1. The minimum Gasteiger partial charge on any atom is -0.508 e. The van der Waals surface area contributed by atoms with Crippen molar-refractivity contribution in [2.45, 2.75) is 0 Å². The summed E-state index contributed by atoms with van der Waals surface area (Å²) < 4.78 is 0. The Bertz CT molecular complexity index is 460. The van der Waals surface area contributed by atoms with Crippen molar-refractivity contribution >= 4 is 22.4 Å². The minimum absolute atomic E-state index is 0.00932. The SMILES string of the molecule is Oc1ccc2ccc(Cl)c(O)c2c1. The fraction of sp³-hybridized carbons (Fsp3) is 0. The highest BCUT2D eigenvalue weighted by Crippen LogP contribution is 2.33. The number of halogens is 1. The molecule has 3 heteroatoms. The number of phenols is 2. The quantitative estimate of drug-likeness (QED) is 0.677. The molecule has 2 rings (SSSR count). The van der Waals surface area contributed by atoms with Gasteiger partial charge in [0.05, 0.1) is 5.02 Å². The van der Waals surface area contributed by atoms with Crippen LogP contribution in [0.25, 0.3) is 10.8 Å². The molecular weight excluding hydrogens is 188 g/mol. The van der Waals surface area contributed by atoms with E-state index in [1.165, 1.54) is 6.07 Å². The van der Waals surface area contributed by atoms with Crippen LogP contribution in [0, 0.1) is 0 Å². The fourth-order valence-electron chi connectivity index (χ4n) is 1.27. The molecule has 0 radical (unpaired) electrons. The maximum atomic E-state index is 9.54. The topological polar surface area (TPSA) is 40.5 Å². The van der Waals surface area contributed by atoms with Crippen molar-refractivity contribution in [2.24, 2.45) is 0 Å². The Hall–Kier alpha value is -1.41. The Morgan fingerprint density at radius 3 is 2.46 bits per heavy atom. The van der Waals surface area contributed by atoms with Crippen molar-refractivity contribution in [2.75, 3.05) is 0 Å². The molecule has 0 aliphatic heterocycles. The van der Waals surface area contributed by atoms with Crippen LogP contribution in [0.3, 0.4) is 0 Å². The molecule has 0 saturated carbocycles. The third-order valence-corrected chi connectivity index (χ3v) is 2.23. The Kier molecular flexibility index (Phi) is 1.78. The zero-order valence-electron chi connectivity index (χ0n) is 6.66. The molecule has 0 fully saturated rings. The molecule has 0 aromatic heterocycles. The number of rotatable bonds is 0. The van der Waals surface area contributed by atoms with Crippen molar-refractivity contribution in [3.63, 3.8) is 0 Å². The Morgan fingerprint density at radius 1 is 1.00 bits per heavy atom. The molecule has 0 amide bonds. The second-order valence-electron chi connectivity index (χ2n) is 2.80. The lowest BCUT2D eigenvalue weighted by Crippen LogP contribution is -1.75. The second kappa shape index (κ2) is 2.82. The van der Waals surface area contributed by atoms with Crippen LogP contribution in [-0.4, -0.2) is 10.2 Å². The van der Waals surface area contributed by atoms with E-state index in [0.29, 0.717) is 5.39 Å². The van der Waals surface area contributed by atoms with Gasteiger partial charge in [0.1, 0.15) is 11.5 Å². The van der Waals surface area contributed by atoms with Crippen molar-refractivity contribution in [3.05, 3.63) is 35.4 Å². The third-order valence-electron chi connectivity index (χ3n) is 1.93. The highest BCUT2D eigenvalue weighted by atomic mass is 35.5. The molecular formula is C10H7ClO2. The van der Waals surface area contributed by atoms with Crippen molar-refractivity contribution in [3.8, 4) is 11.5 Å². The summed E-state index contributed by atoms with van der Waals surface area (Å²) in [5.41, 5.74) is 0. The van der Waals surface area contributed by atoms with Gasteiger partial charge in [-0.25, -0.2) is 0 Å². The van der Waals surface area contributed by atoms with E-state index in [1.807, 2.05) is 0 Å². The van der Waals surface area contributed by atoms with Gasteiger partial charge in [0.25, 0.3) is 0 Å². The molecule has 0 atom stereocenters. The van der Waals surface area contributed by atoms with E-state index in [1.54, 1.807) is 24.3 Å². The normalized spacial score (nSPS) is 10.5. The van der Waals surface area contributed by atoms with Crippen LogP contribution in [0.5, 0.6) is 11.5 Å². The summed E-state index contributed by atoms with van der Waals surface area (Å²) in [6.07, 6.45) is 0. The molecule has 0 aliphatic rings. The van der Waals surface area contributed by atoms with Gasteiger partial charge >= 0.3 is 0 Å². The van der Waals surface area contributed by atoms with E-state index >= 15 is 0 Å². The van der Waals surface area contributed by atoms with Gasteiger partial charge in [-0.3, -0.25) is 0 Å². The first kappa shape index (κ1) is 8.20. The van der Waals surface area contributed by atoms with E-state index in [-0.39, 0.29) is 16.5 Å². The summed E-state index contributed by atoms with van der Waals surface area (Å²) in [5.74, 6) is 0.125. The highest BCUT2D eigenvalue weighted by Gasteiger charge is 2.04. The monoisotopic (exact) mass is 194 g/mol. The summed E-state index contributed by atoms with van der Waals surface area (Å²) in [6, 6.07) is 8.18. The van der Waals surface area contributed by atoms with Crippen LogP contribution >= 0.6 is 11.6 Å². The molecule has 0 bridgehead atoms. The molecule has 2 aromatic rings. The largest absolute Gasteiger partial charge is 0.508 e. The van der Waals surface area contributed by atoms with Gasteiger partial charge in [0, 0.05) is 5.39 Å². The van der Waals surface area contributed by atoms with Gasteiger partial charge in [0.15, 0.2) is 0 Å². The maximum Gasteiger partial charge on any atom is 0.142 e. The Balaban J connectivity index is 2.89. The van der Waals surface area contributed by atoms with E-state index in [9.17, 15) is 10.2 Å². The van der Waals surface area contributed by atoms with Crippen LogP contribution in [0.15, 0.2) is 30.3 Å². The molecule has 2 nitrogen and oxygen atoms in total. The molecule has 0 spiro atoms. The van der Waals surface area contributed by atoms with Gasteiger partial charge < -0.3 is 10.2 Å². The molecule has 0 heterocycles. The lowest BCUT2D eigenvalue weighted by Gasteiger charge is -2.02. The second-order valence-corrected chi connectivity index (χ2v) is 3.21. The smallest absolute Gasteiger partial charge is 0.142 e. The van der Waals surface area contributed by atoms with Gasteiger partial charge in [-0.1, -0.05) is 23.7 Å². The summed E-state index contributed by atoms with van der Waals surface area (Å²) in [7, 11) is 0. The number of hydrogen-bond acceptors (Lipinski definition) is 2. The van der Waals surface area contributed by atoms with E-state index in [0.717, 1.165) is 5.39 Å². The molecule has 13 heavy (non-hydrogen) atoms. The van der Waals surface area contributed by atoms with Gasteiger partial charge in [0.2, 0.25) is 0 Å². The molecule has 0 aliphatic carbocycles. The lowest BCUT2D eigenvalue weighted by atomic mass is 10.1. The summed E-state index contributed by atoms with van der Waals surface area (Å²) >= 11 is 5.71. The van der Waals surface area contributed by atoms with Crippen LogP contribution < -0.4 is 0 Å². The summed E-state index contributed by atoms with van der Waals surface area (Å²) in [6.45, 7) is 0. The van der Waals surface area contributed by atoms with Crippen molar-refractivity contribution in [1.82, 2.24) is 0 Å². The maximum absolute atomic E-state index is 9.54. The van der Waals surface area contributed by atoms with Gasteiger partial charge in [-0.05, 0) is 23.6 Å². The van der Waals surface area contributed by atoms with Crippen LogP contribution in [-0.2, 0) is 0 Å². The molecule has 66 valence electrons. The average Bonchev–Trinajstić information content (AvgIpc) is 2.12. The molecule has 0 saturated heterocycles. The Morgan fingerprint density at radius 2 is 1.69 bits per heavy atom. The van der Waals surface area contributed by atoms with Gasteiger partial charge in [-0.2, -0.15) is 0 Å². The minimum atomic E-state index is 0.00932. The molecule has 0 unspecified atom stereocenters.